The molecule has 1 aliphatic rings. The van der Waals surface area contributed by atoms with E-state index in [2.05, 4.69) is 36.5 Å². The number of para-hydroxylation sites is 1. The Hall–Kier alpha value is -1.61. The zero-order chi connectivity index (χ0) is 14.0. The summed E-state index contributed by atoms with van der Waals surface area (Å²) in [4.78, 5) is 4.75. The Morgan fingerprint density at radius 1 is 1.25 bits per heavy atom. The number of fused-ring (bicyclic) bond motifs is 1. The molecule has 1 fully saturated rings. The molecule has 106 valence electrons. The largest absolute Gasteiger partial charge is 0.369 e. The van der Waals surface area contributed by atoms with Gasteiger partial charge in [-0.2, -0.15) is 0 Å². The number of benzene rings is 1. The van der Waals surface area contributed by atoms with Gasteiger partial charge in [0.05, 0.1) is 5.52 Å². The highest BCUT2D eigenvalue weighted by atomic mass is 15.0. The van der Waals surface area contributed by atoms with E-state index in [4.69, 9.17) is 10.7 Å². The number of hydrogen-bond donors (Lipinski definition) is 2. The average molecular weight is 269 g/mol. The van der Waals surface area contributed by atoms with Crippen LogP contribution < -0.4 is 11.1 Å². The molecule has 20 heavy (non-hydrogen) atoms. The van der Waals surface area contributed by atoms with E-state index in [1.807, 2.05) is 6.07 Å². The summed E-state index contributed by atoms with van der Waals surface area (Å²) >= 11 is 0. The summed E-state index contributed by atoms with van der Waals surface area (Å²) in [5.74, 6) is 1.00. The Bertz CT molecular complexity index is 600. The van der Waals surface area contributed by atoms with Crippen LogP contribution in [0.25, 0.3) is 10.9 Å². The number of hydrogen-bond acceptors (Lipinski definition) is 3. The van der Waals surface area contributed by atoms with Crippen LogP contribution >= 0.6 is 0 Å². The molecule has 3 N–H and O–H groups in total. The lowest BCUT2D eigenvalue weighted by atomic mass is 9.86. The minimum absolute atomic E-state index is 0.278. The van der Waals surface area contributed by atoms with Crippen LogP contribution in [0.4, 0.5) is 5.82 Å². The molecule has 1 saturated carbocycles. The summed E-state index contributed by atoms with van der Waals surface area (Å²) in [5.41, 5.74) is 8.53. The normalized spacial score (nSPS) is 17.5. The molecule has 0 spiro atoms. The lowest BCUT2D eigenvalue weighted by Gasteiger charge is -2.28. The van der Waals surface area contributed by atoms with Gasteiger partial charge in [-0.3, -0.25) is 0 Å². The Balaban J connectivity index is 1.81. The Kier molecular flexibility index (Phi) is 3.62. The molecule has 0 atom stereocenters. The standard InChI is InChI=1S/C17H23N3/c1-13-10-14-6-2-3-7-15(14)20-16(13)19-12-17(11-18)8-4-5-9-17/h2-3,6-7,10H,4-5,8-9,11-12,18H2,1H3,(H,19,20). The topological polar surface area (TPSA) is 50.9 Å². The minimum atomic E-state index is 0.278. The summed E-state index contributed by atoms with van der Waals surface area (Å²) in [6.07, 6.45) is 5.10. The molecular weight excluding hydrogens is 246 g/mol. The molecular formula is C17H23N3. The monoisotopic (exact) mass is 269 g/mol. The maximum atomic E-state index is 6.00. The van der Waals surface area contributed by atoms with Gasteiger partial charge in [0.15, 0.2) is 0 Å². The van der Waals surface area contributed by atoms with Gasteiger partial charge in [-0.25, -0.2) is 4.98 Å². The first kappa shape index (κ1) is 13.4. The van der Waals surface area contributed by atoms with Gasteiger partial charge in [0, 0.05) is 11.9 Å². The quantitative estimate of drug-likeness (QED) is 0.893. The van der Waals surface area contributed by atoms with E-state index in [1.54, 1.807) is 0 Å². The first-order chi connectivity index (χ1) is 9.72. The zero-order valence-corrected chi connectivity index (χ0v) is 12.2. The summed E-state index contributed by atoms with van der Waals surface area (Å²) in [7, 11) is 0. The van der Waals surface area contributed by atoms with Gasteiger partial charge in [0.1, 0.15) is 5.82 Å². The fourth-order valence-corrected chi connectivity index (χ4v) is 3.25. The number of nitrogens with two attached hydrogens (primary N) is 1. The van der Waals surface area contributed by atoms with Crippen LogP contribution in [-0.4, -0.2) is 18.1 Å². The molecule has 1 aliphatic carbocycles. The third kappa shape index (κ3) is 2.50. The predicted octanol–water partition coefficient (Wildman–Crippen LogP) is 3.47. The van der Waals surface area contributed by atoms with Crippen molar-refractivity contribution in [3.8, 4) is 0 Å². The molecule has 1 aromatic heterocycles. The van der Waals surface area contributed by atoms with E-state index in [1.165, 1.54) is 36.6 Å². The molecule has 3 rings (SSSR count). The maximum absolute atomic E-state index is 6.00. The fourth-order valence-electron chi connectivity index (χ4n) is 3.25. The van der Waals surface area contributed by atoms with Gasteiger partial charge in [-0.15, -0.1) is 0 Å². The fraction of sp³-hybridized carbons (Fsp3) is 0.471. The summed E-state index contributed by atoms with van der Waals surface area (Å²) in [6, 6.07) is 10.5. The summed E-state index contributed by atoms with van der Waals surface area (Å²) in [5, 5.41) is 4.75. The molecule has 0 bridgehead atoms. The highest BCUT2D eigenvalue weighted by Gasteiger charge is 2.32. The van der Waals surface area contributed by atoms with Crippen molar-refractivity contribution in [1.82, 2.24) is 4.98 Å². The van der Waals surface area contributed by atoms with Gasteiger partial charge < -0.3 is 11.1 Å². The molecule has 0 amide bonds. The van der Waals surface area contributed by atoms with Crippen LogP contribution in [0.2, 0.25) is 0 Å². The number of nitrogens with one attached hydrogen (secondary N) is 1. The SMILES string of the molecule is Cc1cc2ccccc2nc1NCC1(CN)CCCC1. The number of aromatic nitrogens is 1. The van der Waals surface area contributed by atoms with Crippen LogP contribution in [0.3, 0.4) is 0 Å². The molecule has 0 radical (unpaired) electrons. The van der Waals surface area contributed by atoms with Crippen LogP contribution in [0.15, 0.2) is 30.3 Å². The van der Waals surface area contributed by atoms with Crippen molar-refractivity contribution in [3.63, 3.8) is 0 Å². The number of nitrogens with zero attached hydrogens (tertiary/aromatic N) is 1. The molecule has 0 saturated heterocycles. The predicted molar refractivity (Wildman–Crippen MR) is 84.9 cm³/mol. The second-order valence-corrected chi connectivity index (χ2v) is 6.11. The van der Waals surface area contributed by atoms with Gasteiger partial charge >= 0.3 is 0 Å². The van der Waals surface area contributed by atoms with E-state index in [-0.39, 0.29) is 5.41 Å². The maximum Gasteiger partial charge on any atom is 0.129 e. The molecule has 0 aliphatic heterocycles. The first-order valence-electron chi connectivity index (χ1n) is 7.53. The molecule has 3 heteroatoms. The summed E-state index contributed by atoms with van der Waals surface area (Å²) < 4.78 is 0. The Labute approximate surface area is 120 Å². The molecule has 1 aromatic carbocycles. The first-order valence-corrected chi connectivity index (χ1v) is 7.53. The highest BCUT2D eigenvalue weighted by Crippen LogP contribution is 2.37. The van der Waals surface area contributed by atoms with Crippen molar-refractivity contribution in [2.24, 2.45) is 11.1 Å². The number of rotatable bonds is 4. The van der Waals surface area contributed by atoms with Crippen LogP contribution in [-0.2, 0) is 0 Å². The van der Waals surface area contributed by atoms with Crippen LogP contribution in [0.1, 0.15) is 31.2 Å². The van der Waals surface area contributed by atoms with Crippen LogP contribution in [0, 0.1) is 12.3 Å². The van der Waals surface area contributed by atoms with Crippen molar-refractivity contribution in [2.45, 2.75) is 32.6 Å². The van der Waals surface area contributed by atoms with Crippen molar-refractivity contribution < 1.29 is 0 Å². The summed E-state index contributed by atoms with van der Waals surface area (Å²) in [6.45, 7) is 3.83. The van der Waals surface area contributed by atoms with Crippen LogP contribution in [0.5, 0.6) is 0 Å². The van der Waals surface area contributed by atoms with Crippen molar-refractivity contribution >= 4 is 16.7 Å². The third-order valence-electron chi connectivity index (χ3n) is 4.64. The van der Waals surface area contributed by atoms with Gasteiger partial charge in [-0.05, 0) is 49.4 Å². The molecule has 0 unspecified atom stereocenters. The molecule has 3 nitrogen and oxygen atoms in total. The lowest BCUT2D eigenvalue weighted by molar-refractivity contribution is 0.332. The van der Waals surface area contributed by atoms with E-state index < -0.39 is 0 Å². The van der Waals surface area contributed by atoms with Crippen molar-refractivity contribution in [1.29, 1.82) is 0 Å². The Morgan fingerprint density at radius 2 is 2.00 bits per heavy atom. The van der Waals surface area contributed by atoms with Gasteiger partial charge in [-0.1, -0.05) is 31.0 Å². The molecule has 1 heterocycles. The Morgan fingerprint density at radius 3 is 2.75 bits per heavy atom. The van der Waals surface area contributed by atoms with Crippen molar-refractivity contribution in [3.05, 3.63) is 35.9 Å². The zero-order valence-electron chi connectivity index (χ0n) is 12.2. The van der Waals surface area contributed by atoms with Gasteiger partial charge in [0.25, 0.3) is 0 Å². The van der Waals surface area contributed by atoms with E-state index in [0.29, 0.717) is 0 Å². The average Bonchev–Trinajstić information content (AvgIpc) is 2.94. The second-order valence-electron chi connectivity index (χ2n) is 6.11. The second kappa shape index (κ2) is 5.41. The smallest absolute Gasteiger partial charge is 0.129 e. The van der Waals surface area contributed by atoms with Crippen molar-refractivity contribution in [2.75, 3.05) is 18.4 Å². The van der Waals surface area contributed by atoms with E-state index >= 15 is 0 Å². The molecule has 2 aromatic rings. The number of pyridine rings is 1. The highest BCUT2D eigenvalue weighted by molar-refractivity contribution is 5.81. The van der Waals surface area contributed by atoms with E-state index in [0.717, 1.165) is 24.4 Å². The van der Waals surface area contributed by atoms with E-state index in [9.17, 15) is 0 Å². The number of aryl methyl sites for hydroxylation is 1. The third-order valence-corrected chi connectivity index (χ3v) is 4.64. The minimum Gasteiger partial charge on any atom is -0.369 e. The van der Waals surface area contributed by atoms with Gasteiger partial charge in [0.2, 0.25) is 0 Å². The number of anilines is 1. The lowest BCUT2D eigenvalue weighted by Crippen LogP contribution is -2.34.